The molecule has 1 spiro atoms. The molecular formula is C28H44N2O6Si. The van der Waals surface area contributed by atoms with E-state index in [4.69, 9.17) is 9.16 Å². The Morgan fingerprint density at radius 1 is 1.16 bits per heavy atom. The molecule has 8 nitrogen and oxygen atoms in total. The molecule has 1 aromatic carbocycles. The molecule has 2 aliphatic rings. The maximum Gasteiger partial charge on any atom is 0.412 e. The van der Waals surface area contributed by atoms with Crippen LogP contribution in [0.1, 0.15) is 71.2 Å². The first-order valence-corrected chi connectivity index (χ1v) is 15.5. The van der Waals surface area contributed by atoms with Crippen LogP contribution in [0.5, 0.6) is 11.5 Å². The van der Waals surface area contributed by atoms with Gasteiger partial charge < -0.3 is 24.3 Å². The largest absolute Gasteiger partial charge is 0.540 e. The Kier molecular flexibility index (Phi) is 8.69. The van der Waals surface area contributed by atoms with E-state index in [0.717, 1.165) is 24.2 Å². The summed E-state index contributed by atoms with van der Waals surface area (Å²) in [7, 11) is -0.880. The fourth-order valence-corrected chi connectivity index (χ4v) is 11.6. The number of carbonyl (C=O) groups excluding carboxylic acids is 1. The standard InChI is InChI=1S/C28H44N2O6Si/c1-9-12-29(27(33)34)23-14-25(36-37(18(2)3,19(4)5)20(6)7)24(35-8)13-22(23)26(32)30-17-28(10-11-28)15-21(30)16-31/h9,13-14,18-21,31H,1,10-12,15-17H2,2-8H3,(H,33,34)/t21-/m0/s1. The van der Waals surface area contributed by atoms with Crippen molar-refractivity contribution in [3.8, 4) is 11.5 Å². The van der Waals surface area contributed by atoms with Crippen molar-refractivity contribution in [2.24, 2.45) is 5.41 Å². The van der Waals surface area contributed by atoms with E-state index in [1.54, 1.807) is 17.0 Å². The van der Waals surface area contributed by atoms with E-state index in [0.29, 0.717) is 18.0 Å². The molecule has 1 saturated carbocycles. The van der Waals surface area contributed by atoms with Crippen molar-refractivity contribution in [3.05, 3.63) is 30.4 Å². The van der Waals surface area contributed by atoms with Gasteiger partial charge in [-0.2, -0.15) is 0 Å². The van der Waals surface area contributed by atoms with Gasteiger partial charge in [0, 0.05) is 19.2 Å². The van der Waals surface area contributed by atoms with Crippen molar-refractivity contribution in [1.29, 1.82) is 0 Å². The Morgan fingerprint density at radius 3 is 2.19 bits per heavy atom. The minimum absolute atomic E-state index is 0.00978. The van der Waals surface area contributed by atoms with Crippen LogP contribution in [0.3, 0.4) is 0 Å². The second-order valence-electron chi connectivity index (χ2n) is 11.6. The third-order valence-corrected chi connectivity index (χ3v) is 14.4. The van der Waals surface area contributed by atoms with Gasteiger partial charge >= 0.3 is 6.09 Å². The number of hydrogen-bond donors (Lipinski definition) is 2. The lowest BCUT2D eigenvalue weighted by Gasteiger charge is -2.42. The highest BCUT2D eigenvalue weighted by molar-refractivity contribution is 6.78. The molecule has 1 aliphatic heterocycles. The van der Waals surface area contributed by atoms with E-state index in [9.17, 15) is 19.8 Å². The fourth-order valence-electron chi connectivity index (χ4n) is 6.40. The number of amides is 2. The number of aliphatic hydroxyl groups is 1. The third-order valence-electron chi connectivity index (χ3n) is 8.38. The van der Waals surface area contributed by atoms with Gasteiger partial charge in [-0.15, -0.1) is 6.58 Å². The van der Waals surface area contributed by atoms with Gasteiger partial charge in [-0.1, -0.05) is 47.6 Å². The summed E-state index contributed by atoms with van der Waals surface area (Å²) in [6.07, 6.45) is 3.15. The summed E-state index contributed by atoms with van der Waals surface area (Å²) in [6.45, 7) is 17.2. The number of carbonyl (C=O) groups is 2. The Morgan fingerprint density at radius 2 is 1.76 bits per heavy atom. The van der Waals surface area contributed by atoms with Crippen LogP contribution in [-0.4, -0.2) is 68.3 Å². The molecule has 206 valence electrons. The van der Waals surface area contributed by atoms with E-state index >= 15 is 0 Å². The molecule has 0 bridgehead atoms. The molecule has 2 fully saturated rings. The summed E-state index contributed by atoms with van der Waals surface area (Å²) >= 11 is 0. The number of benzene rings is 1. The van der Waals surface area contributed by atoms with Crippen molar-refractivity contribution in [3.63, 3.8) is 0 Å². The fraction of sp³-hybridized carbons (Fsp3) is 0.643. The molecule has 0 unspecified atom stereocenters. The average Bonchev–Trinajstić information content (AvgIpc) is 3.49. The van der Waals surface area contributed by atoms with Crippen molar-refractivity contribution >= 4 is 26.0 Å². The highest BCUT2D eigenvalue weighted by Gasteiger charge is 2.53. The Hall–Kier alpha value is -2.52. The maximum atomic E-state index is 14.0. The second-order valence-corrected chi connectivity index (χ2v) is 17.0. The van der Waals surface area contributed by atoms with Crippen LogP contribution in [0.4, 0.5) is 10.5 Å². The summed E-state index contributed by atoms with van der Waals surface area (Å²) in [4.78, 5) is 29.1. The number of aliphatic hydroxyl groups excluding tert-OH is 1. The van der Waals surface area contributed by atoms with Gasteiger partial charge in [0.25, 0.3) is 14.2 Å². The lowest BCUT2D eigenvalue weighted by molar-refractivity contribution is 0.0674. The normalized spacial score (nSPS) is 18.6. The maximum absolute atomic E-state index is 14.0. The first-order chi connectivity index (χ1) is 17.4. The number of nitrogens with zero attached hydrogens (tertiary/aromatic N) is 2. The number of anilines is 1. The minimum atomic E-state index is -2.41. The zero-order valence-electron chi connectivity index (χ0n) is 23.4. The van der Waals surface area contributed by atoms with Gasteiger partial charge in [-0.05, 0) is 47.4 Å². The second kappa shape index (κ2) is 11.1. The summed E-state index contributed by atoms with van der Waals surface area (Å²) in [5.74, 6) is 0.541. The smallest absolute Gasteiger partial charge is 0.412 e. The predicted molar refractivity (Wildman–Crippen MR) is 148 cm³/mol. The topological polar surface area (TPSA) is 99.5 Å². The summed E-state index contributed by atoms with van der Waals surface area (Å²) in [5.41, 5.74) is 1.40. The molecule has 37 heavy (non-hydrogen) atoms. The summed E-state index contributed by atoms with van der Waals surface area (Å²) in [5, 5.41) is 20.1. The quantitative estimate of drug-likeness (QED) is 0.272. The molecule has 0 aromatic heterocycles. The van der Waals surface area contributed by atoms with Crippen molar-refractivity contribution < 1.29 is 29.0 Å². The van der Waals surface area contributed by atoms with Crippen molar-refractivity contribution in [1.82, 2.24) is 4.90 Å². The van der Waals surface area contributed by atoms with E-state index in [1.807, 2.05) is 0 Å². The number of likely N-dealkylation sites (tertiary alicyclic amines) is 1. The molecule has 3 rings (SSSR count). The van der Waals surface area contributed by atoms with Crippen LogP contribution in [0.15, 0.2) is 24.8 Å². The zero-order valence-corrected chi connectivity index (χ0v) is 24.4. The van der Waals surface area contributed by atoms with Crippen LogP contribution in [0.25, 0.3) is 0 Å². The zero-order chi connectivity index (χ0) is 27.7. The average molecular weight is 533 g/mol. The van der Waals surface area contributed by atoms with Gasteiger partial charge in [-0.3, -0.25) is 9.69 Å². The SMILES string of the molecule is C=CCN(C(=O)O)c1cc(O[Si](C(C)C)(C(C)C)C(C)C)c(OC)cc1C(=O)N1CC2(CC2)C[C@H]1CO. The first kappa shape index (κ1) is 29.0. The number of methoxy groups -OCH3 is 1. The van der Waals surface area contributed by atoms with Crippen LogP contribution in [0, 0.1) is 5.41 Å². The van der Waals surface area contributed by atoms with Crippen LogP contribution >= 0.6 is 0 Å². The molecule has 2 N–H and O–H groups in total. The van der Waals surface area contributed by atoms with E-state index in [1.165, 1.54) is 13.2 Å². The molecule has 0 radical (unpaired) electrons. The molecule has 1 aliphatic carbocycles. The third kappa shape index (κ3) is 5.39. The number of rotatable bonds is 11. The molecule has 1 aromatic rings. The molecule has 1 heterocycles. The van der Waals surface area contributed by atoms with Gasteiger partial charge in [0.05, 0.1) is 31.0 Å². The Labute approximate surface area is 222 Å². The summed E-state index contributed by atoms with van der Waals surface area (Å²) < 4.78 is 12.6. The highest BCUT2D eigenvalue weighted by Crippen LogP contribution is 2.55. The number of carboxylic acid groups (broad SMARTS) is 1. The van der Waals surface area contributed by atoms with Gasteiger partial charge in [-0.25, -0.2) is 4.79 Å². The van der Waals surface area contributed by atoms with Crippen LogP contribution in [-0.2, 0) is 0 Å². The molecule has 2 amide bonds. The highest BCUT2D eigenvalue weighted by atomic mass is 28.4. The number of hydrogen-bond acceptors (Lipinski definition) is 5. The van der Waals surface area contributed by atoms with Crippen molar-refractivity contribution in [2.45, 2.75) is 83.5 Å². The minimum Gasteiger partial charge on any atom is -0.540 e. The van der Waals surface area contributed by atoms with E-state index in [-0.39, 0.29) is 58.4 Å². The van der Waals surface area contributed by atoms with E-state index in [2.05, 4.69) is 48.1 Å². The molecule has 9 heteroatoms. The van der Waals surface area contributed by atoms with Crippen LogP contribution < -0.4 is 14.1 Å². The lowest BCUT2D eigenvalue weighted by Crippen LogP contribution is -2.50. The number of ether oxygens (including phenoxy) is 1. The van der Waals surface area contributed by atoms with Gasteiger partial charge in [0.15, 0.2) is 5.75 Å². The van der Waals surface area contributed by atoms with Gasteiger partial charge in [0.2, 0.25) is 0 Å². The monoisotopic (exact) mass is 532 g/mol. The van der Waals surface area contributed by atoms with Gasteiger partial charge in [0.1, 0.15) is 5.75 Å². The first-order valence-electron chi connectivity index (χ1n) is 13.3. The predicted octanol–water partition coefficient (Wildman–Crippen LogP) is 5.91. The Bertz CT molecular complexity index is 998. The molecule has 1 saturated heterocycles. The molecular weight excluding hydrogens is 488 g/mol. The summed E-state index contributed by atoms with van der Waals surface area (Å²) in [6, 6.07) is 2.97. The molecule has 1 atom stereocenters. The van der Waals surface area contributed by atoms with Crippen molar-refractivity contribution in [2.75, 3.05) is 31.7 Å². The van der Waals surface area contributed by atoms with Crippen LogP contribution in [0.2, 0.25) is 16.6 Å². The van der Waals surface area contributed by atoms with E-state index < -0.39 is 14.4 Å². The lowest BCUT2D eigenvalue weighted by atomic mass is 10.0. The Balaban J connectivity index is 2.19.